The molecule has 27 heavy (non-hydrogen) atoms. The Kier molecular flexibility index (Phi) is 10.2. The topological polar surface area (TPSA) is 58.4 Å². The zero-order valence-electron chi connectivity index (χ0n) is 15.5. The predicted molar refractivity (Wildman–Crippen MR) is 117 cm³/mol. The van der Waals surface area contributed by atoms with E-state index in [1.54, 1.807) is 0 Å². The molecule has 1 amide bonds. The summed E-state index contributed by atoms with van der Waals surface area (Å²) in [4.78, 5) is 13.8. The lowest BCUT2D eigenvalue weighted by Crippen LogP contribution is -2.31. The summed E-state index contributed by atoms with van der Waals surface area (Å²) in [5.74, 6) is 4.95. The lowest BCUT2D eigenvalue weighted by Gasteiger charge is -2.28. The molecular formula is C21H29Cl2N3O. The molecule has 6 heteroatoms. The van der Waals surface area contributed by atoms with Crippen molar-refractivity contribution in [3.8, 4) is 0 Å². The van der Waals surface area contributed by atoms with Gasteiger partial charge in [-0.1, -0.05) is 36.4 Å². The van der Waals surface area contributed by atoms with Gasteiger partial charge in [-0.05, 0) is 60.9 Å². The maximum Gasteiger partial charge on any atom is 0.238 e. The van der Waals surface area contributed by atoms with Crippen molar-refractivity contribution in [3.63, 3.8) is 0 Å². The van der Waals surface area contributed by atoms with Crippen molar-refractivity contribution in [2.24, 2.45) is 5.84 Å². The number of carbonyl (C=O) groups excluding carboxylic acids is 1. The van der Waals surface area contributed by atoms with Crippen molar-refractivity contribution in [2.45, 2.75) is 38.5 Å². The van der Waals surface area contributed by atoms with E-state index in [-0.39, 0.29) is 30.7 Å². The molecular weight excluding hydrogens is 381 g/mol. The number of hydrogen-bond donors (Lipinski definition) is 2. The highest BCUT2D eigenvalue weighted by atomic mass is 35.5. The van der Waals surface area contributed by atoms with E-state index in [4.69, 9.17) is 5.84 Å². The Morgan fingerprint density at radius 3 is 1.81 bits per heavy atom. The highest BCUT2D eigenvalue weighted by Crippen LogP contribution is 2.20. The van der Waals surface area contributed by atoms with Gasteiger partial charge in [0.05, 0.1) is 6.42 Å². The third-order valence-corrected chi connectivity index (χ3v) is 4.91. The van der Waals surface area contributed by atoms with Crippen LogP contribution in [0.15, 0.2) is 48.5 Å². The minimum atomic E-state index is -0.165. The fraction of sp³-hybridized carbons (Fsp3) is 0.381. The number of nitrogens with two attached hydrogens (primary N) is 1. The molecule has 148 valence electrons. The van der Waals surface area contributed by atoms with Crippen molar-refractivity contribution in [3.05, 3.63) is 65.2 Å². The maximum absolute atomic E-state index is 11.3. The molecule has 1 aliphatic heterocycles. The SMILES string of the molecule is Cl.Cl.NNC(=O)Cc1ccc(CCc2ccc(N3CCCCC3)cc2)cc1. The molecule has 4 nitrogen and oxygen atoms in total. The molecule has 0 unspecified atom stereocenters. The Bertz CT molecular complexity index is 684. The number of anilines is 1. The average molecular weight is 410 g/mol. The second-order valence-electron chi connectivity index (χ2n) is 6.77. The van der Waals surface area contributed by atoms with Crippen LogP contribution in [0.5, 0.6) is 0 Å². The van der Waals surface area contributed by atoms with Crippen molar-refractivity contribution in [2.75, 3.05) is 18.0 Å². The lowest BCUT2D eigenvalue weighted by atomic mass is 10.0. The number of piperidine rings is 1. The first-order chi connectivity index (χ1) is 12.2. The number of hydrazine groups is 1. The van der Waals surface area contributed by atoms with Crippen LogP contribution in [-0.4, -0.2) is 19.0 Å². The minimum absolute atomic E-state index is 0. The molecule has 0 saturated carbocycles. The lowest BCUT2D eigenvalue weighted by molar-refractivity contribution is -0.120. The van der Waals surface area contributed by atoms with Gasteiger partial charge >= 0.3 is 0 Å². The van der Waals surface area contributed by atoms with Gasteiger partial charge in [0.1, 0.15) is 0 Å². The number of aryl methyl sites for hydroxylation is 2. The van der Waals surface area contributed by atoms with Crippen molar-refractivity contribution in [1.82, 2.24) is 5.43 Å². The van der Waals surface area contributed by atoms with Gasteiger partial charge in [-0.2, -0.15) is 0 Å². The van der Waals surface area contributed by atoms with Crippen LogP contribution in [0.2, 0.25) is 0 Å². The smallest absolute Gasteiger partial charge is 0.238 e. The van der Waals surface area contributed by atoms with E-state index in [1.807, 2.05) is 12.1 Å². The molecule has 0 spiro atoms. The molecule has 2 aromatic carbocycles. The third-order valence-electron chi connectivity index (χ3n) is 4.91. The number of nitrogens with zero attached hydrogens (tertiary/aromatic N) is 1. The van der Waals surface area contributed by atoms with Gasteiger partial charge in [0, 0.05) is 18.8 Å². The largest absolute Gasteiger partial charge is 0.372 e. The molecule has 1 heterocycles. The zero-order chi connectivity index (χ0) is 17.5. The molecule has 1 fully saturated rings. The molecule has 0 aromatic heterocycles. The highest BCUT2D eigenvalue weighted by Gasteiger charge is 2.10. The summed E-state index contributed by atoms with van der Waals surface area (Å²) in [6.45, 7) is 2.38. The second-order valence-corrected chi connectivity index (χ2v) is 6.77. The van der Waals surface area contributed by atoms with E-state index in [9.17, 15) is 4.79 Å². The quantitative estimate of drug-likeness (QED) is 0.432. The van der Waals surface area contributed by atoms with E-state index in [1.165, 1.54) is 49.2 Å². The summed E-state index contributed by atoms with van der Waals surface area (Å²) in [6.07, 6.45) is 6.35. The van der Waals surface area contributed by atoms with Gasteiger partial charge in [-0.15, -0.1) is 24.8 Å². The van der Waals surface area contributed by atoms with E-state index >= 15 is 0 Å². The number of hydrogen-bond acceptors (Lipinski definition) is 3. The predicted octanol–water partition coefficient (Wildman–Crippen LogP) is 3.84. The van der Waals surface area contributed by atoms with E-state index in [0.717, 1.165) is 18.4 Å². The molecule has 0 radical (unpaired) electrons. The van der Waals surface area contributed by atoms with Gasteiger partial charge in [0.2, 0.25) is 5.91 Å². The second kappa shape index (κ2) is 11.9. The van der Waals surface area contributed by atoms with Gasteiger partial charge < -0.3 is 4.90 Å². The van der Waals surface area contributed by atoms with Crippen molar-refractivity contribution < 1.29 is 4.79 Å². The number of carbonyl (C=O) groups is 1. The molecule has 0 atom stereocenters. The average Bonchev–Trinajstić information content (AvgIpc) is 2.68. The van der Waals surface area contributed by atoms with Crippen LogP contribution in [0.4, 0.5) is 5.69 Å². The number of benzene rings is 2. The molecule has 3 rings (SSSR count). The van der Waals surface area contributed by atoms with Crippen LogP contribution in [0.3, 0.4) is 0 Å². The maximum atomic E-state index is 11.3. The summed E-state index contributed by atoms with van der Waals surface area (Å²) in [5, 5.41) is 0. The number of halogens is 2. The molecule has 0 bridgehead atoms. The highest BCUT2D eigenvalue weighted by molar-refractivity contribution is 5.85. The Balaban J connectivity index is 0.00000182. The van der Waals surface area contributed by atoms with Gasteiger partial charge in [-0.25, -0.2) is 5.84 Å². The summed E-state index contributed by atoms with van der Waals surface area (Å²) in [7, 11) is 0. The first-order valence-corrected chi connectivity index (χ1v) is 9.16. The number of amides is 1. The third kappa shape index (κ3) is 7.06. The van der Waals surface area contributed by atoms with E-state index in [0.29, 0.717) is 6.42 Å². The Labute approximate surface area is 174 Å². The Morgan fingerprint density at radius 2 is 1.30 bits per heavy atom. The fourth-order valence-corrected chi connectivity index (χ4v) is 3.37. The molecule has 2 aromatic rings. The summed E-state index contributed by atoms with van der Waals surface area (Å²) < 4.78 is 0. The fourth-order valence-electron chi connectivity index (χ4n) is 3.37. The van der Waals surface area contributed by atoms with Crippen LogP contribution in [-0.2, 0) is 24.1 Å². The van der Waals surface area contributed by atoms with Gasteiger partial charge in [-0.3, -0.25) is 10.2 Å². The first-order valence-electron chi connectivity index (χ1n) is 9.16. The number of rotatable bonds is 6. The standard InChI is InChI=1S/C21H27N3O.2ClH/c22-23-21(25)16-19-8-6-17(7-9-19)4-5-18-10-12-20(13-11-18)24-14-2-1-3-15-24;;/h6-13H,1-5,14-16,22H2,(H,23,25);2*1H. The van der Waals surface area contributed by atoms with E-state index < -0.39 is 0 Å². The molecule has 1 aliphatic rings. The summed E-state index contributed by atoms with van der Waals surface area (Å²) >= 11 is 0. The van der Waals surface area contributed by atoms with Crippen LogP contribution in [0.25, 0.3) is 0 Å². The Morgan fingerprint density at radius 1 is 0.815 bits per heavy atom. The van der Waals surface area contributed by atoms with Crippen LogP contribution in [0, 0.1) is 0 Å². The van der Waals surface area contributed by atoms with Gasteiger partial charge in [0.15, 0.2) is 0 Å². The molecule has 0 aliphatic carbocycles. The van der Waals surface area contributed by atoms with Gasteiger partial charge in [0.25, 0.3) is 0 Å². The van der Waals surface area contributed by atoms with Crippen molar-refractivity contribution in [1.29, 1.82) is 0 Å². The van der Waals surface area contributed by atoms with Crippen LogP contribution in [0.1, 0.15) is 36.0 Å². The number of nitrogens with one attached hydrogen (secondary N) is 1. The summed E-state index contributed by atoms with van der Waals surface area (Å²) in [5.41, 5.74) is 7.15. The Hall–Kier alpha value is -1.75. The van der Waals surface area contributed by atoms with E-state index in [2.05, 4.69) is 46.7 Å². The molecule has 1 saturated heterocycles. The monoisotopic (exact) mass is 409 g/mol. The van der Waals surface area contributed by atoms with Crippen LogP contribution >= 0.6 is 24.8 Å². The first kappa shape index (κ1) is 23.3. The summed E-state index contributed by atoms with van der Waals surface area (Å²) in [6, 6.07) is 17.2. The normalized spacial score (nSPS) is 13.3. The molecule has 3 N–H and O–H groups in total. The zero-order valence-corrected chi connectivity index (χ0v) is 17.2. The van der Waals surface area contributed by atoms with Crippen molar-refractivity contribution >= 4 is 36.4 Å². The minimum Gasteiger partial charge on any atom is -0.372 e. The van der Waals surface area contributed by atoms with Crippen LogP contribution < -0.4 is 16.2 Å².